The minimum Gasteiger partial charge on any atom is -0.355 e. The third-order valence-corrected chi connectivity index (χ3v) is 3.72. The summed E-state index contributed by atoms with van der Waals surface area (Å²) in [5, 5.41) is 13.9. The Hall–Kier alpha value is -1.66. The molecule has 5 nitrogen and oxygen atoms in total. The van der Waals surface area contributed by atoms with Gasteiger partial charge in [0.15, 0.2) is 5.76 Å². The first-order valence-corrected chi connectivity index (χ1v) is 7.07. The highest BCUT2D eigenvalue weighted by Gasteiger charge is 2.10. The molecule has 0 radical (unpaired) electrons. The molecule has 3 aromatic rings. The summed E-state index contributed by atoms with van der Waals surface area (Å²) < 4.78 is 7.01. The van der Waals surface area contributed by atoms with E-state index in [4.69, 9.17) is 16.1 Å². The minimum atomic E-state index is -0.146. The number of hydrogen-bond acceptors (Lipinski definition) is 5. The van der Waals surface area contributed by atoms with E-state index in [0.29, 0.717) is 6.54 Å². The van der Waals surface area contributed by atoms with Crippen LogP contribution in [-0.4, -0.2) is 20.2 Å². The normalized spacial score (nSPS) is 12.7. The molecule has 0 saturated carbocycles. The highest BCUT2D eigenvalue weighted by atomic mass is 35.5. The highest BCUT2D eigenvalue weighted by Crippen LogP contribution is 2.25. The van der Waals surface area contributed by atoms with E-state index in [1.54, 1.807) is 16.0 Å². The van der Waals surface area contributed by atoms with Crippen LogP contribution >= 0.6 is 22.9 Å². The lowest BCUT2D eigenvalue weighted by atomic mass is 10.3. The number of aromatic nitrogens is 4. The zero-order valence-corrected chi connectivity index (χ0v) is 11.7. The average Bonchev–Trinajstić information content (AvgIpc) is 3.09. The van der Waals surface area contributed by atoms with E-state index in [9.17, 15) is 0 Å². The molecule has 0 aliphatic rings. The fourth-order valence-electron chi connectivity index (χ4n) is 1.66. The van der Waals surface area contributed by atoms with E-state index in [0.717, 1.165) is 22.0 Å². The molecule has 0 aliphatic heterocycles. The summed E-state index contributed by atoms with van der Waals surface area (Å²) >= 11 is 7.56. The van der Waals surface area contributed by atoms with Gasteiger partial charge in [-0.25, -0.2) is 4.68 Å². The van der Waals surface area contributed by atoms with Gasteiger partial charge in [-0.05, 0) is 18.4 Å². The van der Waals surface area contributed by atoms with Gasteiger partial charge in [0.05, 0.1) is 23.0 Å². The van der Waals surface area contributed by atoms with Crippen LogP contribution in [-0.2, 0) is 6.54 Å². The summed E-state index contributed by atoms with van der Waals surface area (Å²) in [6, 6.07) is 5.89. The lowest BCUT2D eigenvalue weighted by Crippen LogP contribution is -2.00. The molecule has 0 spiro atoms. The van der Waals surface area contributed by atoms with Gasteiger partial charge >= 0.3 is 0 Å². The number of thiophene rings is 1. The standard InChI is InChI=1S/C12H11ClN4OS/c1-8(13)10-7-17(16-14-10)6-9-5-11(18-15-9)12-3-2-4-19-12/h2-5,7-8H,6H2,1H3. The molecule has 0 aromatic carbocycles. The van der Waals surface area contributed by atoms with Crippen molar-refractivity contribution in [1.29, 1.82) is 0 Å². The Morgan fingerprint density at radius 1 is 1.53 bits per heavy atom. The molecule has 3 heterocycles. The van der Waals surface area contributed by atoms with Gasteiger partial charge in [0.2, 0.25) is 0 Å². The van der Waals surface area contributed by atoms with Crippen LogP contribution in [0.1, 0.15) is 23.7 Å². The predicted octanol–water partition coefficient (Wildman–Crippen LogP) is 3.34. The maximum atomic E-state index is 5.94. The first-order valence-electron chi connectivity index (χ1n) is 5.76. The van der Waals surface area contributed by atoms with E-state index in [1.807, 2.05) is 36.7 Å². The van der Waals surface area contributed by atoms with Crippen molar-refractivity contribution in [3.8, 4) is 10.6 Å². The first-order chi connectivity index (χ1) is 9.22. The second-order valence-corrected chi connectivity index (χ2v) is 5.72. The smallest absolute Gasteiger partial charge is 0.177 e. The van der Waals surface area contributed by atoms with Crippen LogP contribution in [0.15, 0.2) is 34.3 Å². The van der Waals surface area contributed by atoms with Crippen molar-refractivity contribution in [2.75, 3.05) is 0 Å². The predicted molar refractivity (Wildman–Crippen MR) is 73.2 cm³/mol. The second-order valence-electron chi connectivity index (χ2n) is 4.12. The van der Waals surface area contributed by atoms with E-state index in [2.05, 4.69) is 15.5 Å². The molecule has 1 unspecified atom stereocenters. The summed E-state index contributed by atoms with van der Waals surface area (Å²) in [7, 11) is 0. The quantitative estimate of drug-likeness (QED) is 0.693. The monoisotopic (exact) mass is 294 g/mol. The molecule has 0 aliphatic carbocycles. The second kappa shape index (κ2) is 5.14. The Morgan fingerprint density at radius 2 is 2.42 bits per heavy atom. The van der Waals surface area contributed by atoms with Crippen molar-refractivity contribution in [1.82, 2.24) is 20.2 Å². The highest BCUT2D eigenvalue weighted by molar-refractivity contribution is 7.13. The lowest BCUT2D eigenvalue weighted by molar-refractivity contribution is 0.419. The van der Waals surface area contributed by atoms with Crippen molar-refractivity contribution < 1.29 is 4.52 Å². The Kier molecular flexibility index (Phi) is 3.35. The Bertz CT molecular complexity index is 659. The SMILES string of the molecule is CC(Cl)c1cn(Cc2cc(-c3cccs3)on2)nn1. The third kappa shape index (κ3) is 2.69. The van der Waals surface area contributed by atoms with Crippen molar-refractivity contribution >= 4 is 22.9 Å². The Morgan fingerprint density at radius 3 is 3.11 bits per heavy atom. The van der Waals surface area contributed by atoms with Crippen LogP contribution in [0.2, 0.25) is 0 Å². The number of nitrogens with zero attached hydrogens (tertiary/aromatic N) is 4. The van der Waals surface area contributed by atoms with Gasteiger partial charge < -0.3 is 4.52 Å². The van der Waals surface area contributed by atoms with E-state index < -0.39 is 0 Å². The van der Waals surface area contributed by atoms with Crippen LogP contribution in [0.4, 0.5) is 0 Å². The summed E-state index contributed by atoms with van der Waals surface area (Å²) in [6.07, 6.45) is 1.82. The van der Waals surface area contributed by atoms with Crippen LogP contribution in [0.3, 0.4) is 0 Å². The first kappa shape index (κ1) is 12.4. The van der Waals surface area contributed by atoms with E-state index in [-0.39, 0.29) is 5.38 Å². The fourth-order valence-corrected chi connectivity index (χ4v) is 2.43. The van der Waals surface area contributed by atoms with E-state index in [1.165, 1.54) is 0 Å². The number of hydrogen-bond donors (Lipinski definition) is 0. The molecular weight excluding hydrogens is 284 g/mol. The zero-order valence-electron chi connectivity index (χ0n) is 10.2. The van der Waals surface area contributed by atoms with Gasteiger partial charge in [-0.3, -0.25) is 0 Å². The van der Waals surface area contributed by atoms with Crippen molar-refractivity contribution in [3.63, 3.8) is 0 Å². The topological polar surface area (TPSA) is 56.7 Å². The number of rotatable bonds is 4. The molecule has 1 atom stereocenters. The molecule has 7 heteroatoms. The van der Waals surface area contributed by atoms with E-state index >= 15 is 0 Å². The molecule has 0 fully saturated rings. The third-order valence-electron chi connectivity index (χ3n) is 2.61. The van der Waals surface area contributed by atoms with Crippen molar-refractivity contribution in [2.24, 2.45) is 0 Å². The summed E-state index contributed by atoms with van der Waals surface area (Å²) in [5.74, 6) is 0.774. The fraction of sp³-hybridized carbons (Fsp3) is 0.250. The van der Waals surface area contributed by atoms with Crippen molar-refractivity contribution in [3.05, 3.63) is 41.2 Å². The number of halogens is 1. The van der Waals surface area contributed by atoms with Crippen molar-refractivity contribution in [2.45, 2.75) is 18.8 Å². The van der Waals surface area contributed by atoms with Gasteiger partial charge in [-0.1, -0.05) is 16.4 Å². The molecule has 3 rings (SSSR count). The Balaban J connectivity index is 1.76. The summed E-state index contributed by atoms with van der Waals surface area (Å²) in [4.78, 5) is 1.06. The van der Waals surface area contributed by atoms with Crippen LogP contribution in [0.5, 0.6) is 0 Å². The molecule has 3 aromatic heterocycles. The van der Waals surface area contributed by atoms with Gasteiger partial charge in [0.1, 0.15) is 11.4 Å². The lowest BCUT2D eigenvalue weighted by Gasteiger charge is -1.94. The molecule has 0 bridgehead atoms. The van der Waals surface area contributed by atoms with Crippen LogP contribution < -0.4 is 0 Å². The summed E-state index contributed by atoms with van der Waals surface area (Å²) in [5.41, 5.74) is 1.56. The van der Waals surface area contributed by atoms with Crippen LogP contribution in [0, 0.1) is 0 Å². The number of alkyl halides is 1. The molecule has 98 valence electrons. The maximum Gasteiger partial charge on any atom is 0.177 e. The summed E-state index contributed by atoms with van der Waals surface area (Å²) in [6.45, 7) is 2.38. The Labute approximate surface area is 118 Å². The molecule has 0 amide bonds. The van der Waals surface area contributed by atoms with Gasteiger partial charge in [-0.15, -0.1) is 28.0 Å². The van der Waals surface area contributed by atoms with Gasteiger partial charge in [0.25, 0.3) is 0 Å². The molecular formula is C12H11ClN4OS. The van der Waals surface area contributed by atoms with Gasteiger partial charge in [0, 0.05) is 6.07 Å². The van der Waals surface area contributed by atoms with Gasteiger partial charge in [-0.2, -0.15) is 0 Å². The average molecular weight is 295 g/mol. The molecule has 0 saturated heterocycles. The molecule has 19 heavy (non-hydrogen) atoms. The molecule has 0 N–H and O–H groups in total. The minimum absolute atomic E-state index is 0.146. The largest absolute Gasteiger partial charge is 0.355 e. The maximum absolute atomic E-state index is 5.94. The van der Waals surface area contributed by atoms with Crippen LogP contribution in [0.25, 0.3) is 10.6 Å². The zero-order chi connectivity index (χ0) is 13.2.